The van der Waals surface area contributed by atoms with E-state index in [4.69, 9.17) is 0 Å². The first kappa shape index (κ1) is 16.9. The molecule has 1 aliphatic carbocycles. The van der Waals surface area contributed by atoms with E-state index in [1.807, 2.05) is 5.38 Å². The first-order valence-corrected chi connectivity index (χ1v) is 9.84. The lowest BCUT2D eigenvalue weighted by Crippen LogP contribution is -2.39. The van der Waals surface area contributed by atoms with Crippen LogP contribution in [0.25, 0.3) is 0 Å². The molecule has 0 bridgehead atoms. The normalized spacial score (nSPS) is 15.8. The second-order valence-corrected chi connectivity index (χ2v) is 8.32. The van der Waals surface area contributed by atoms with Crippen molar-refractivity contribution in [1.82, 2.24) is 14.3 Å². The molecule has 0 aromatic carbocycles. The Labute approximate surface area is 131 Å². The van der Waals surface area contributed by atoms with Crippen molar-refractivity contribution in [3.05, 3.63) is 21.9 Å². The summed E-state index contributed by atoms with van der Waals surface area (Å²) in [5.74, 6) is 0. The maximum Gasteiger partial charge on any atom is 0.279 e. The summed E-state index contributed by atoms with van der Waals surface area (Å²) in [7, 11) is -1.75. The molecule has 2 N–H and O–H groups in total. The van der Waals surface area contributed by atoms with Gasteiger partial charge in [-0.1, -0.05) is 6.92 Å². The standard InChI is InChI=1S/C14H25N3O2S2/c1-3-12-7-10-20-14(12)11-16-21(18,19)17(2)9-4-8-15-13-5-6-13/h7,10,13,15-16H,3-6,8-9,11H2,1-2H3. The fraction of sp³-hybridized carbons (Fsp3) is 0.714. The van der Waals surface area contributed by atoms with E-state index in [0.29, 0.717) is 19.1 Å². The Balaban J connectivity index is 1.74. The molecule has 1 heterocycles. The molecule has 1 aromatic rings. The first-order valence-electron chi connectivity index (χ1n) is 7.52. The Morgan fingerprint density at radius 3 is 2.86 bits per heavy atom. The summed E-state index contributed by atoms with van der Waals surface area (Å²) in [4.78, 5) is 1.10. The number of thiophene rings is 1. The second kappa shape index (κ2) is 7.69. The molecule has 1 aliphatic rings. The number of aryl methyl sites for hydroxylation is 1. The summed E-state index contributed by atoms with van der Waals surface area (Å²) >= 11 is 1.60. The maximum atomic E-state index is 12.2. The van der Waals surface area contributed by atoms with Gasteiger partial charge in [0.1, 0.15) is 0 Å². The number of rotatable bonds is 10. The van der Waals surface area contributed by atoms with Crippen LogP contribution in [0.5, 0.6) is 0 Å². The Kier molecular flexibility index (Phi) is 6.19. The van der Waals surface area contributed by atoms with Gasteiger partial charge in [0.25, 0.3) is 10.2 Å². The molecule has 2 rings (SSSR count). The van der Waals surface area contributed by atoms with Crippen LogP contribution >= 0.6 is 11.3 Å². The Bertz CT molecular complexity index is 538. The molecular weight excluding hydrogens is 306 g/mol. The van der Waals surface area contributed by atoms with Gasteiger partial charge >= 0.3 is 0 Å². The van der Waals surface area contributed by atoms with Gasteiger partial charge in [0, 0.05) is 31.1 Å². The van der Waals surface area contributed by atoms with E-state index >= 15 is 0 Å². The van der Waals surface area contributed by atoms with Gasteiger partial charge in [-0.2, -0.15) is 17.4 Å². The fourth-order valence-electron chi connectivity index (χ4n) is 2.12. The topological polar surface area (TPSA) is 61.4 Å². The molecule has 0 aliphatic heterocycles. The minimum absolute atomic E-state index is 0.383. The summed E-state index contributed by atoms with van der Waals surface area (Å²) in [6.45, 7) is 3.89. The molecule has 0 unspecified atom stereocenters. The third kappa shape index (κ3) is 5.34. The fourth-order valence-corrected chi connectivity index (χ4v) is 4.04. The predicted molar refractivity (Wildman–Crippen MR) is 87.7 cm³/mol. The van der Waals surface area contributed by atoms with Gasteiger partial charge in [0.15, 0.2) is 0 Å². The Morgan fingerprint density at radius 2 is 2.19 bits per heavy atom. The lowest BCUT2D eigenvalue weighted by Gasteiger charge is -2.17. The smallest absolute Gasteiger partial charge is 0.279 e. The van der Waals surface area contributed by atoms with Gasteiger partial charge in [-0.05, 0) is 49.2 Å². The van der Waals surface area contributed by atoms with Crippen LogP contribution in [0, 0.1) is 0 Å². The molecule has 0 amide bonds. The van der Waals surface area contributed by atoms with E-state index in [0.717, 1.165) is 24.3 Å². The van der Waals surface area contributed by atoms with Crippen molar-refractivity contribution in [3.63, 3.8) is 0 Å². The lowest BCUT2D eigenvalue weighted by atomic mass is 10.2. The van der Waals surface area contributed by atoms with Gasteiger partial charge in [-0.15, -0.1) is 11.3 Å². The molecule has 7 heteroatoms. The van der Waals surface area contributed by atoms with Crippen molar-refractivity contribution < 1.29 is 8.42 Å². The van der Waals surface area contributed by atoms with Crippen LogP contribution < -0.4 is 10.0 Å². The zero-order valence-corrected chi connectivity index (χ0v) is 14.4. The SMILES string of the molecule is CCc1ccsc1CNS(=O)(=O)N(C)CCCNC1CC1. The van der Waals surface area contributed by atoms with Crippen molar-refractivity contribution >= 4 is 21.5 Å². The van der Waals surface area contributed by atoms with Gasteiger partial charge < -0.3 is 5.32 Å². The average molecular weight is 332 g/mol. The molecule has 1 fully saturated rings. The minimum Gasteiger partial charge on any atom is -0.314 e. The van der Waals surface area contributed by atoms with Crippen LogP contribution in [-0.4, -0.2) is 38.9 Å². The summed E-state index contributed by atoms with van der Waals surface area (Å²) in [6.07, 6.45) is 4.29. The van der Waals surface area contributed by atoms with Crippen LogP contribution in [0.15, 0.2) is 11.4 Å². The molecule has 1 aromatic heterocycles. The third-order valence-corrected chi connectivity index (χ3v) is 6.18. The highest BCUT2D eigenvalue weighted by molar-refractivity contribution is 7.87. The van der Waals surface area contributed by atoms with Crippen LogP contribution in [0.1, 0.15) is 36.6 Å². The molecule has 0 spiro atoms. The first-order chi connectivity index (χ1) is 10.0. The summed E-state index contributed by atoms with van der Waals surface area (Å²) in [5.41, 5.74) is 1.22. The Morgan fingerprint density at radius 1 is 1.43 bits per heavy atom. The summed E-state index contributed by atoms with van der Waals surface area (Å²) < 4.78 is 28.4. The van der Waals surface area contributed by atoms with E-state index in [1.54, 1.807) is 18.4 Å². The number of nitrogens with one attached hydrogen (secondary N) is 2. The average Bonchev–Trinajstić information content (AvgIpc) is 3.17. The van der Waals surface area contributed by atoms with Crippen LogP contribution in [0.3, 0.4) is 0 Å². The monoisotopic (exact) mass is 331 g/mol. The van der Waals surface area contributed by atoms with E-state index < -0.39 is 10.2 Å². The largest absolute Gasteiger partial charge is 0.314 e. The van der Waals surface area contributed by atoms with Gasteiger partial charge in [-0.25, -0.2) is 0 Å². The highest BCUT2D eigenvalue weighted by Crippen LogP contribution is 2.18. The number of hydrogen-bond acceptors (Lipinski definition) is 4. The zero-order chi connectivity index (χ0) is 15.3. The quantitative estimate of drug-likeness (QED) is 0.642. The van der Waals surface area contributed by atoms with Crippen molar-refractivity contribution in [2.45, 2.75) is 45.2 Å². The molecule has 1 saturated carbocycles. The molecule has 120 valence electrons. The highest BCUT2D eigenvalue weighted by atomic mass is 32.2. The van der Waals surface area contributed by atoms with Gasteiger partial charge in [0.2, 0.25) is 0 Å². The second-order valence-electron chi connectivity index (χ2n) is 5.45. The van der Waals surface area contributed by atoms with Gasteiger partial charge in [-0.3, -0.25) is 0 Å². The Hall–Kier alpha value is -0.470. The van der Waals surface area contributed by atoms with E-state index in [1.165, 1.54) is 22.7 Å². The molecule has 5 nitrogen and oxygen atoms in total. The van der Waals surface area contributed by atoms with Crippen LogP contribution in [0.2, 0.25) is 0 Å². The zero-order valence-electron chi connectivity index (χ0n) is 12.8. The number of hydrogen-bond donors (Lipinski definition) is 2. The molecule has 21 heavy (non-hydrogen) atoms. The van der Waals surface area contributed by atoms with Crippen LogP contribution in [-0.2, 0) is 23.2 Å². The molecule has 0 atom stereocenters. The molecular formula is C14H25N3O2S2. The molecule has 0 saturated heterocycles. The van der Waals surface area contributed by atoms with Crippen molar-refractivity contribution in [2.24, 2.45) is 0 Å². The number of nitrogens with zero attached hydrogens (tertiary/aromatic N) is 1. The maximum absolute atomic E-state index is 12.2. The van der Waals surface area contributed by atoms with Crippen molar-refractivity contribution in [3.8, 4) is 0 Å². The lowest BCUT2D eigenvalue weighted by molar-refractivity contribution is 0.444. The van der Waals surface area contributed by atoms with Crippen molar-refractivity contribution in [1.29, 1.82) is 0 Å². The van der Waals surface area contributed by atoms with E-state index in [2.05, 4.69) is 23.0 Å². The molecule has 0 radical (unpaired) electrons. The third-order valence-electron chi connectivity index (χ3n) is 3.70. The van der Waals surface area contributed by atoms with E-state index in [9.17, 15) is 8.42 Å². The highest BCUT2D eigenvalue weighted by Gasteiger charge is 2.21. The predicted octanol–water partition coefficient (Wildman–Crippen LogP) is 1.72. The summed E-state index contributed by atoms with van der Waals surface area (Å²) in [5, 5.41) is 5.40. The van der Waals surface area contributed by atoms with Gasteiger partial charge in [0.05, 0.1) is 0 Å². The van der Waals surface area contributed by atoms with Crippen LogP contribution in [0.4, 0.5) is 0 Å². The van der Waals surface area contributed by atoms with Crippen molar-refractivity contribution in [2.75, 3.05) is 20.1 Å². The van der Waals surface area contributed by atoms with E-state index in [-0.39, 0.29) is 0 Å². The summed E-state index contributed by atoms with van der Waals surface area (Å²) in [6, 6.07) is 2.73. The minimum atomic E-state index is -3.38.